The van der Waals surface area contributed by atoms with Crippen molar-refractivity contribution < 1.29 is 43.4 Å². The van der Waals surface area contributed by atoms with Crippen molar-refractivity contribution in [2.24, 2.45) is 34.1 Å². The first-order chi connectivity index (χ1) is 30.3. The number of amides is 6. The van der Waals surface area contributed by atoms with E-state index >= 15 is 14.0 Å². The zero-order valence-electron chi connectivity index (χ0n) is 37.4. The number of anilines is 1. The molecule has 0 saturated carbocycles. The number of hydrogen-bond acceptors (Lipinski definition) is 9. The zero-order chi connectivity index (χ0) is 46.7. The van der Waals surface area contributed by atoms with Gasteiger partial charge in [-0.2, -0.15) is 0 Å². The van der Waals surface area contributed by atoms with Crippen LogP contribution in [0.2, 0.25) is 0 Å². The van der Waals surface area contributed by atoms with Crippen LogP contribution >= 0.6 is 0 Å². The van der Waals surface area contributed by atoms with Crippen LogP contribution in [0.4, 0.5) is 19.7 Å². The summed E-state index contributed by atoms with van der Waals surface area (Å²) in [7, 11) is 0. The van der Waals surface area contributed by atoms with Crippen LogP contribution in [-0.2, 0) is 43.1 Å². The van der Waals surface area contributed by atoms with Crippen LogP contribution in [0.1, 0.15) is 99.6 Å². The van der Waals surface area contributed by atoms with Gasteiger partial charge in [0.05, 0.1) is 12.3 Å². The molecule has 3 aromatic rings. The lowest BCUT2D eigenvalue weighted by atomic mass is 9.55. The number of benzene rings is 3. The normalized spacial score (nSPS) is 28.5. The molecule has 0 radical (unpaired) electrons. The highest BCUT2D eigenvalue weighted by molar-refractivity contribution is 6.00. The van der Waals surface area contributed by atoms with Crippen LogP contribution in [0.25, 0.3) is 0 Å². The SMILES string of the molecule is CCC1(C(C)C(N)=O)Cc2ccc(cc2)[C@@]1(C(=O)NC(=O)O)N1CCCC1N(c1ccc(F)c(C)c1C)C1CCCN1[C@]1(C(=O)NC(=O)O)c2ccc(cc2)CC1(CC)C(C)C(N)=O. The third-order valence-electron chi connectivity index (χ3n) is 16.0. The second-order valence-electron chi connectivity index (χ2n) is 18.3. The predicted octanol–water partition coefficient (Wildman–Crippen LogP) is 5.62. The standard InChI is InChI=1S/C48H60FN7O8/c1-7-45(29(5)39(50)57)25-31-13-17-33(18-14-31)47(45,41(59)52-43(61)62)54-23-9-11-37(54)56(36-22-21-35(49)27(3)28(36)4)38-12-10-24-55(38)48(42(60)53-44(63)64)34-19-15-32(16-20-34)26-46(48,8-2)30(6)40(51)58/h13-22,29-30,37-38H,7-12,23-26H2,1-6H3,(H2,50,57)(H2,51,58)(H,52,59)(H,53,60)(H,61,62)(H,63,64)/t29?,30?,37?,38?,45?,46?,47-,48-/m0/s1. The molecule has 6 aliphatic rings. The molecule has 0 aromatic heterocycles. The fourth-order valence-electron chi connectivity index (χ4n) is 12.8. The third-order valence-corrected chi connectivity index (χ3v) is 16.0. The average Bonchev–Trinajstić information content (AvgIpc) is 3.81. The van der Waals surface area contributed by atoms with E-state index in [1.54, 1.807) is 58.0 Å². The van der Waals surface area contributed by atoms with Gasteiger partial charge in [0, 0.05) is 41.4 Å². The molecule has 4 bridgehead atoms. The monoisotopic (exact) mass is 881 g/mol. The molecule has 64 heavy (non-hydrogen) atoms. The van der Waals surface area contributed by atoms with E-state index in [2.05, 4.69) is 15.5 Å². The first kappa shape index (κ1) is 46.1. The van der Waals surface area contributed by atoms with Gasteiger partial charge < -0.3 is 26.6 Å². The Labute approximate surface area is 372 Å². The summed E-state index contributed by atoms with van der Waals surface area (Å²) in [6.07, 6.45) is -2.11. The van der Waals surface area contributed by atoms with Crippen LogP contribution < -0.4 is 27.0 Å². The number of carboxylic acid groups (broad SMARTS) is 2. The molecule has 8 N–H and O–H groups in total. The molecule has 6 unspecified atom stereocenters. The van der Waals surface area contributed by atoms with Gasteiger partial charge in [-0.25, -0.2) is 14.0 Å². The van der Waals surface area contributed by atoms with E-state index < -0.39 is 87.7 Å². The molecule has 6 amide bonds. The third kappa shape index (κ3) is 6.57. The van der Waals surface area contributed by atoms with Gasteiger partial charge in [0.2, 0.25) is 11.8 Å². The van der Waals surface area contributed by atoms with Gasteiger partial charge in [-0.3, -0.25) is 39.6 Å². The molecule has 15 nitrogen and oxygen atoms in total. The number of carbonyl (C=O) groups is 6. The Hall–Kier alpha value is -5.87. The number of imide groups is 2. The summed E-state index contributed by atoms with van der Waals surface area (Å²) in [5.41, 5.74) is 10.2. The van der Waals surface area contributed by atoms with Gasteiger partial charge in [-0.05, 0) is 111 Å². The minimum atomic E-state index is -1.85. The molecular weight excluding hydrogens is 822 g/mol. The average molecular weight is 882 g/mol. The number of rotatable bonds is 13. The molecule has 2 saturated heterocycles. The summed E-state index contributed by atoms with van der Waals surface area (Å²) < 4.78 is 15.6. The Balaban J connectivity index is 1.57. The first-order valence-electron chi connectivity index (χ1n) is 22.2. The highest BCUT2D eigenvalue weighted by Gasteiger charge is 2.69. The largest absolute Gasteiger partial charge is 0.465 e. The number of nitrogens with two attached hydrogens (primary N) is 2. The molecule has 0 spiro atoms. The Morgan fingerprint density at radius 2 is 1.08 bits per heavy atom. The van der Waals surface area contributed by atoms with Gasteiger partial charge in [-0.1, -0.05) is 76.2 Å². The summed E-state index contributed by atoms with van der Waals surface area (Å²) in [5.74, 6) is -5.42. The van der Waals surface area contributed by atoms with Crippen molar-refractivity contribution in [3.63, 3.8) is 0 Å². The second kappa shape index (κ2) is 16.9. The molecule has 16 heteroatoms. The van der Waals surface area contributed by atoms with Crippen molar-refractivity contribution in [1.82, 2.24) is 20.4 Å². The van der Waals surface area contributed by atoms with E-state index in [-0.39, 0.29) is 38.8 Å². The second-order valence-corrected chi connectivity index (χ2v) is 18.3. The van der Waals surface area contributed by atoms with Gasteiger partial charge in [0.1, 0.15) is 16.9 Å². The number of likely N-dealkylation sites (tertiary alicyclic amines) is 2. The number of fused-ring (bicyclic) bond motifs is 8. The minimum absolute atomic E-state index is 0.197. The fourth-order valence-corrected chi connectivity index (χ4v) is 12.8. The maximum absolute atomic E-state index is 15.6. The van der Waals surface area contributed by atoms with Crippen LogP contribution in [0.15, 0.2) is 60.7 Å². The number of primary amides is 2. The summed E-state index contributed by atoms with van der Waals surface area (Å²) in [6.45, 7) is 11.1. The van der Waals surface area contributed by atoms with E-state index in [0.717, 1.165) is 11.1 Å². The number of hydrogen-bond donors (Lipinski definition) is 6. The van der Waals surface area contributed by atoms with E-state index in [4.69, 9.17) is 11.5 Å². The Bertz CT molecular complexity index is 2240. The molecule has 342 valence electrons. The molecule has 2 aliphatic heterocycles. The lowest BCUT2D eigenvalue weighted by molar-refractivity contribution is -0.160. The highest BCUT2D eigenvalue weighted by Crippen LogP contribution is 2.61. The smallest absolute Gasteiger partial charge is 0.411 e. The summed E-state index contributed by atoms with van der Waals surface area (Å²) >= 11 is 0. The van der Waals surface area contributed by atoms with Crippen molar-refractivity contribution in [3.05, 3.63) is 99.9 Å². The molecular formula is C48H60FN7O8. The van der Waals surface area contributed by atoms with Crippen molar-refractivity contribution in [1.29, 1.82) is 0 Å². The van der Waals surface area contributed by atoms with Gasteiger partial charge in [-0.15, -0.1) is 0 Å². The van der Waals surface area contributed by atoms with Crippen molar-refractivity contribution in [2.75, 3.05) is 18.0 Å². The topological polar surface area (TPSA) is 229 Å². The zero-order valence-corrected chi connectivity index (χ0v) is 37.4. The van der Waals surface area contributed by atoms with Gasteiger partial charge in [0.25, 0.3) is 11.8 Å². The van der Waals surface area contributed by atoms with Crippen LogP contribution in [0, 0.1) is 42.3 Å². The summed E-state index contributed by atoms with van der Waals surface area (Å²) in [5, 5.41) is 25.0. The molecule has 3 aromatic carbocycles. The van der Waals surface area contributed by atoms with Crippen LogP contribution in [-0.4, -0.2) is 81.2 Å². The highest BCUT2D eigenvalue weighted by atomic mass is 19.1. The molecule has 9 rings (SSSR count). The lowest BCUT2D eigenvalue weighted by Gasteiger charge is -2.60. The lowest BCUT2D eigenvalue weighted by Crippen LogP contribution is -2.74. The Morgan fingerprint density at radius 1 is 0.688 bits per heavy atom. The summed E-state index contributed by atoms with van der Waals surface area (Å²) in [4.78, 5) is 89.5. The van der Waals surface area contributed by atoms with Crippen LogP contribution in [0.3, 0.4) is 0 Å². The van der Waals surface area contributed by atoms with Crippen molar-refractivity contribution >= 4 is 41.5 Å². The number of carbonyl (C=O) groups excluding carboxylic acids is 4. The minimum Gasteiger partial charge on any atom is -0.465 e. The van der Waals surface area contributed by atoms with Crippen LogP contribution in [0.5, 0.6) is 0 Å². The first-order valence-corrected chi connectivity index (χ1v) is 22.2. The number of nitrogens with zero attached hydrogens (tertiary/aromatic N) is 3. The maximum Gasteiger partial charge on any atom is 0.411 e. The molecule has 2 fully saturated rings. The van der Waals surface area contributed by atoms with E-state index in [9.17, 15) is 29.4 Å². The quantitative estimate of drug-likeness (QED) is 0.123. The molecule has 8 atom stereocenters. The maximum atomic E-state index is 15.6. The Morgan fingerprint density at radius 3 is 1.42 bits per heavy atom. The summed E-state index contributed by atoms with van der Waals surface area (Å²) in [6, 6.07) is 17.8. The van der Waals surface area contributed by atoms with Gasteiger partial charge >= 0.3 is 12.2 Å². The number of halogens is 1. The number of nitrogens with one attached hydrogen (secondary N) is 2. The molecule has 2 heterocycles. The Kier molecular flexibility index (Phi) is 12.2. The van der Waals surface area contributed by atoms with Crippen molar-refractivity contribution in [2.45, 2.75) is 116 Å². The molecule has 4 aliphatic carbocycles. The fraction of sp³-hybridized carbons (Fsp3) is 0.500. The van der Waals surface area contributed by atoms with Crippen molar-refractivity contribution in [3.8, 4) is 0 Å². The predicted molar refractivity (Wildman–Crippen MR) is 236 cm³/mol. The van der Waals surface area contributed by atoms with E-state index in [1.165, 1.54) is 6.07 Å². The van der Waals surface area contributed by atoms with E-state index in [0.29, 0.717) is 53.6 Å². The van der Waals surface area contributed by atoms with E-state index in [1.807, 2.05) is 47.9 Å². The van der Waals surface area contributed by atoms with Gasteiger partial charge in [0.15, 0.2) is 0 Å².